The Morgan fingerprint density at radius 1 is 1.34 bits per heavy atom. The maximum absolute atomic E-state index is 13.1. The molecule has 0 spiro atoms. The minimum atomic E-state index is -0.205. The molecule has 29 heavy (non-hydrogen) atoms. The number of hydrogen-bond acceptors (Lipinski definition) is 6. The van der Waals surface area contributed by atoms with Gasteiger partial charge < -0.3 is 24.5 Å². The number of likely N-dealkylation sites (tertiary alicyclic amines) is 1. The van der Waals surface area contributed by atoms with Gasteiger partial charge in [0.25, 0.3) is 5.91 Å². The molecule has 4 rings (SSSR count). The average Bonchev–Trinajstić information content (AvgIpc) is 3.11. The monoisotopic (exact) mass is 401 g/mol. The Hall–Kier alpha value is -2.00. The number of nitrogens with zero attached hydrogens (tertiary/aromatic N) is 4. The fourth-order valence-electron chi connectivity index (χ4n) is 4.19. The Kier molecular flexibility index (Phi) is 6.44. The molecule has 2 saturated heterocycles. The van der Waals surface area contributed by atoms with Gasteiger partial charge in [0.15, 0.2) is 5.69 Å². The van der Waals surface area contributed by atoms with Crippen LogP contribution >= 0.6 is 0 Å². The zero-order chi connectivity index (χ0) is 20.2. The average molecular weight is 402 g/mol. The maximum Gasteiger partial charge on any atom is 0.274 e. The van der Waals surface area contributed by atoms with Crippen LogP contribution < -0.4 is 5.32 Å². The van der Waals surface area contributed by atoms with Crippen LogP contribution in [0.25, 0.3) is 5.65 Å². The van der Waals surface area contributed by atoms with Gasteiger partial charge in [-0.25, -0.2) is 4.98 Å². The summed E-state index contributed by atoms with van der Waals surface area (Å²) in [5.74, 6) is -0.0210. The summed E-state index contributed by atoms with van der Waals surface area (Å²) in [6.07, 6.45) is 3.72. The molecule has 0 saturated carbocycles. The Labute approximate surface area is 171 Å². The van der Waals surface area contributed by atoms with Gasteiger partial charge in [-0.15, -0.1) is 0 Å². The van der Waals surface area contributed by atoms with E-state index in [1.165, 1.54) is 0 Å². The number of imidazole rings is 1. The number of morpholine rings is 1. The minimum Gasteiger partial charge on any atom is -0.392 e. The lowest BCUT2D eigenvalue weighted by Crippen LogP contribution is -2.42. The number of β-amino-alcohol motifs (C(OH)–C–C–N with tert-alkyl or cyclic N) is 1. The first-order valence-electron chi connectivity index (χ1n) is 10.6. The number of hydrogen-bond donors (Lipinski definition) is 2. The molecular weight excluding hydrogens is 370 g/mol. The molecule has 2 aliphatic heterocycles. The van der Waals surface area contributed by atoms with Crippen molar-refractivity contribution >= 4 is 11.6 Å². The van der Waals surface area contributed by atoms with Gasteiger partial charge in [0.05, 0.1) is 25.0 Å². The van der Waals surface area contributed by atoms with Gasteiger partial charge in [-0.05, 0) is 37.9 Å². The summed E-state index contributed by atoms with van der Waals surface area (Å²) in [7, 11) is 0. The smallest absolute Gasteiger partial charge is 0.274 e. The molecule has 0 bridgehead atoms. The number of fused-ring (bicyclic) bond motifs is 1. The molecule has 0 unspecified atom stereocenters. The number of aryl methyl sites for hydroxylation is 1. The zero-order valence-electron chi connectivity index (χ0n) is 17.1. The predicted octanol–water partition coefficient (Wildman–Crippen LogP) is 0.661. The second-order valence-corrected chi connectivity index (χ2v) is 7.97. The molecule has 2 aromatic rings. The van der Waals surface area contributed by atoms with Crippen LogP contribution in [0.4, 0.5) is 0 Å². The van der Waals surface area contributed by atoms with E-state index in [9.17, 15) is 9.90 Å². The quantitative estimate of drug-likeness (QED) is 0.692. The lowest BCUT2D eigenvalue weighted by atomic mass is 10.1. The van der Waals surface area contributed by atoms with E-state index in [0.717, 1.165) is 55.9 Å². The number of pyridine rings is 1. The standard InChI is InChI=1S/C21H31N5O3/c1-16-4-2-8-26-18(14-22-6-9-24-7-3-5-17(27)15-24)19(23-20(16)26)21(28)25-10-12-29-13-11-25/h2,4,8,17,22,27H,3,5-7,9-15H2,1H3/t17-/m1/s1. The third-order valence-corrected chi connectivity index (χ3v) is 5.82. The summed E-state index contributed by atoms with van der Waals surface area (Å²) < 4.78 is 7.41. The van der Waals surface area contributed by atoms with Crippen molar-refractivity contribution in [2.45, 2.75) is 32.4 Å². The summed E-state index contributed by atoms with van der Waals surface area (Å²) in [4.78, 5) is 22.0. The molecular formula is C21H31N5O3. The molecule has 1 atom stereocenters. The van der Waals surface area contributed by atoms with E-state index < -0.39 is 0 Å². The van der Waals surface area contributed by atoms with Crippen molar-refractivity contribution in [3.8, 4) is 0 Å². The van der Waals surface area contributed by atoms with Crippen LogP contribution in [-0.2, 0) is 11.3 Å². The molecule has 2 aliphatic rings. The van der Waals surface area contributed by atoms with Crippen LogP contribution in [0.15, 0.2) is 18.3 Å². The highest BCUT2D eigenvalue weighted by molar-refractivity contribution is 5.94. The number of aliphatic hydroxyl groups is 1. The summed E-state index contributed by atoms with van der Waals surface area (Å²) in [5, 5.41) is 13.3. The van der Waals surface area contributed by atoms with Gasteiger partial charge in [-0.2, -0.15) is 0 Å². The topological polar surface area (TPSA) is 82.3 Å². The summed E-state index contributed by atoms with van der Waals surface area (Å²) in [6, 6.07) is 4.01. The molecule has 8 nitrogen and oxygen atoms in total. The van der Waals surface area contributed by atoms with Crippen molar-refractivity contribution < 1.29 is 14.6 Å². The van der Waals surface area contributed by atoms with E-state index in [2.05, 4.69) is 10.2 Å². The van der Waals surface area contributed by atoms with E-state index in [-0.39, 0.29) is 12.0 Å². The Balaban J connectivity index is 1.47. The Bertz CT molecular complexity index is 846. The van der Waals surface area contributed by atoms with Gasteiger partial charge in [0, 0.05) is 45.5 Å². The highest BCUT2D eigenvalue weighted by Crippen LogP contribution is 2.18. The largest absolute Gasteiger partial charge is 0.392 e. The van der Waals surface area contributed by atoms with Gasteiger partial charge in [0.2, 0.25) is 0 Å². The third kappa shape index (κ3) is 4.61. The minimum absolute atomic E-state index is 0.0210. The van der Waals surface area contributed by atoms with Crippen molar-refractivity contribution in [3.63, 3.8) is 0 Å². The van der Waals surface area contributed by atoms with E-state index in [1.54, 1.807) is 0 Å². The normalized spacial score (nSPS) is 21.0. The number of amides is 1. The van der Waals surface area contributed by atoms with E-state index in [4.69, 9.17) is 9.72 Å². The molecule has 4 heterocycles. The van der Waals surface area contributed by atoms with E-state index in [1.807, 2.05) is 34.6 Å². The van der Waals surface area contributed by atoms with Crippen LogP contribution in [0.2, 0.25) is 0 Å². The van der Waals surface area contributed by atoms with E-state index >= 15 is 0 Å². The lowest BCUT2D eigenvalue weighted by Gasteiger charge is -2.30. The predicted molar refractivity (Wildman–Crippen MR) is 110 cm³/mol. The maximum atomic E-state index is 13.1. The second kappa shape index (κ2) is 9.21. The molecule has 2 N–H and O–H groups in total. The first-order chi connectivity index (χ1) is 14.1. The van der Waals surface area contributed by atoms with Crippen LogP contribution in [0.1, 0.15) is 34.6 Å². The Morgan fingerprint density at radius 3 is 2.97 bits per heavy atom. The second-order valence-electron chi connectivity index (χ2n) is 7.97. The highest BCUT2D eigenvalue weighted by atomic mass is 16.5. The number of nitrogens with one attached hydrogen (secondary N) is 1. The summed E-state index contributed by atoms with van der Waals surface area (Å²) in [6.45, 7) is 8.44. The van der Waals surface area contributed by atoms with E-state index in [0.29, 0.717) is 38.5 Å². The molecule has 2 fully saturated rings. The number of aliphatic hydroxyl groups excluding tert-OH is 1. The molecule has 0 aliphatic carbocycles. The zero-order valence-corrected chi connectivity index (χ0v) is 17.1. The number of ether oxygens (including phenoxy) is 1. The first kappa shape index (κ1) is 20.3. The van der Waals surface area contributed by atoms with Crippen molar-refractivity contribution in [1.29, 1.82) is 0 Å². The molecule has 0 aromatic carbocycles. The number of rotatable bonds is 6. The SMILES string of the molecule is Cc1cccn2c(CNCCN3CCC[C@@H](O)C3)c(C(=O)N3CCOCC3)nc12. The fourth-order valence-corrected chi connectivity index (χ4v) is 4.19. The summed E-state index contributed by atoms with van der Waals surface area (Å²) in [5.41, 5.74) is 3.32. The van der Waals surface area contributed by atoms with Crippen LogP contribution in [0, 0.1) is 6.92 Å². The van der Waals surface area contributed by atoms with Crippen LogP contribution in [-0.4, -0.2) is 88.8 Å². The van der Waals surface area contributed by atoms with Gasteiger partial charge in [-0.3, -0.25) is 9.69 Å². The Morgan fingerprint density at radius 2 is 2.17 bits per heavy atom. The van der Waals surface area contributed by atoms with Crippen molar-refractivity contribution in [2.24, 2.45) is 0 Å². The van der Waals surface area contributed by atoms with Gasteiger partial charge in [0.1, 0.15) is 5.65 Å². The lowest BCUT2D eigenvalue weighted by molar-refractivity contribution is 0.0298. The molecule has 1 amide bonds. The molecule has 0 radical (unpaired) electrons. The number of aromatic nitrogens is 2. The van der Waals surface area contributed by atoms with Gasteiger partial charge >= 0.3 is 0 Å². The molecule has 158 valence electrons. The number of carbonyl (C=O) groups is 1. The highest BCUT2D eigenvalue weighted by Gasteiger charge is 2.25. The van der Waals surface area contributed by atoms with Crippen molar-refractivity contribution in [3.05, 3.63) is 35.3 Å². The third-order valence-electron chi connectivity index (χ3n) is 5.82. The molecule has 8 heteroatoms. The van der Waals surface area contributed by atoms with Crippen LogP contribution in [0.5, 0.6) is 0 Å². The number of piperidine rings is 1. The van der Waals surface area contributed by atoms with Gasteiger partial charge in [-0.1, -0.05) is 6.07 Å². The molecule has 2 aromatic heterocycles. The van der Waals surface area contributed by atoms with Crippen LogP contribution in [0.3, 0.4) is 0 Å². The van der Waals surface area contributed by atoms with Crippen molar-refractivity contribution in [2.75, 3.05) is 52.5 Å². The summed E-state index contributed by atoms with van der Waals surface area (Å²) >= 11 is 0. The van der Waals surface area contributed by atoms with Crippen molar-refractivity contribution in [1.82, 2.24) is 24.5 Å². The first-order valence-corrected chi connectivity index (χ1v) is 10.6. The fraction of sp³-hybridized carbons (Fsp3) is 0.619. The number of carbonyl (C=O) groups excluding carboxylic acids is 1.